The summed E-state index contributed by atoms with van der Waals surface area (Å²) >= 11 is 5.76. The summed E-state index contributed by atoms with van der Waals surface area (Å²) in [5, 5.41) is 0.452. The Morgan fingerprint density at radius 2 is 2.13 bits per heavy atom. The first-order chi connectivity index (χ1) is 7.09. The van der Waals surface area contributed by atoms with Gasteiger partial charge < -0.3 is 5.73 Å². The van der Waals surface area contributed by atoms with Crippen LogP contribution in [0.25, 0.3) is 0 Å². The summed E-state index contributed by atoms with van der Waals surface area (Å²) in [6, 6.07) is 4.70. The van der Waals surface area contributed by atoms with Gasteiger partial charge in [-0.25, -0.2) is 0 Å². The van der Waals surface area contributed by atoms with E-state index >= 15 is 0 Å². The number of benzene rings is 1. The fourth-order valence-corrected chi connectivity index (χ4v) is 1.66. The fraction of sp³-hybridized carbons (Fsp3) is 0.100. The number of carbonyl (C=O) groups is 2. The molecule has 0 fully saturated rings. The molecule has 4 nitrogen and oxygen atoms in total. The monoisotopic (exact) mass is 222 g/mol. The number of hydrogen-bond donors (Lipinski definition) is 1. The topological polar surface area (TPSA) is 72.5 Å². The number of hydrogen-bond acceptors (Lipinski definition) is 3. The number of rotatable bonds is 1. The highest BCUT2D eigenvalue weighted by molar-refractivity contribution is 6.47. The van der Waals surface area contributed by atoms with Gasteiger partial charge in [0.15, 0.2) is 5.78 Å². The van der Waals surface area contributed by atoms with Gasteiger partial charge in [0.1, 0.15) is 12.3 Å². The maximum Gasteiger partial charge on any atom is 0.267 e. The predicted octanol–water partition coefficient (Wildman–Crippen LogP) is 0.811. The number of nitrogens with two attached hydrogens (primary N) is 1. The molecule has 1 aromatic rings. The van der Waals surface area contributed by atoms with Gasteiger partial charge in [0, 0.05) is 16.1 Å². The molecule has 1 amide bonds. The second kappa shape index (κ2) is 3.47. The molecule has 0 radical (unpaired) electrons. The lowest BCUT2D eigenvalue weighted by atomic mass is 9.96. The van der Waals surface area contributed by atoms with Crippen molar-refractivity contribution in [3.8, 4) is 0 Å². The van der Waals surface area contributed by atoms with Crippen LogP contribution in [0.15, 0.2) is 23.2 Å². The molecule has 0 spiro atoms. The van der Waals surface area contributed by atoms with E-state index in [0.29, 0.717) is 16.1 Å². The van der Waals surface area contributed by atoms with Gasteiger partial charge in [0.25, 0.3) is 5.91 Å². The van der Waals surface area contributed by atoms with Gasteiger partial charge in [-0.2, -0.15) is 0 Å². The molecular formula is C10H7ClN2O2. The molecule has 0 unspecified atom stereocenters. The van der Waals surface area contributed by atoms with Crippen molar-refractivity contribution < 1.29 is 9.59 Å². The fourth-order valence-electron chi connectivity index (χ4n) is 1.49. The van der Waals surface area contributed by atoms with Gasteiger partial charge >= 0.3 is 0 Å². The van der Waals surface area contributed by atoms with E-state index in [1.54, 1.807) is 12.1 Å². The van der Waals surface area contributed by atoms with Gasteiger partial charge in [-0.05, 0) is 12.1 Å². The van der Waals surface area contributed by atoms with Crippen molar-refractivity contribution in [2.24, 2.45) is 10.7 Å². The molecule has 0 aromatic heterocycles. The zero-order chi connectivity index (χ0) is 11.0. The number of primary amides is 1. The van der Waals surface area contributed by atoms with Crippen molar-refractivity contribution in [2.75, 3.05) is 6.54 Å². The van der Waals surface area contributed by atoms with Gasteiger partial charge in [-0.3, -0.25) is 14.6 Å². The Labute approximate surface area is 90.7 Å². The Balaban J connectivity index is 2.64. The molecule has 1 heterocycles. The second-order valence-electron chi connectivity index (χ2n) is 3.14. The maximum absolute atomic E-state index is 11.5. The first kappa shape index (κ1) is 9.86. The Morgan fingerprint density at radius 3 is 2.80 bits per heavy atom. The van der Waals surface area contributed by atoms with E-state index in [2.05, 4.69) is 4.99 Å². The third-order valence-corrected chi connectivity index (χ3v) is 2.39. The normalized spacial score (nSPS) is 14.5. The van der Waals surface area contributed by atoms with Crippen molar-refractivity contribution >= 4 is 29.0 Å². The standard InChI is InChI=1S/C10H7ClN2O2/c11-5-1-2-6-7(3-5)8(14)4-13-9(6)10(12)15/h1-3H,4H2,(H2,12,15). The highest BCUT2D eigenvalue weighted by Crippen LogP contribution is 2.20. The Bertz CT molecular complexity index is 494. The van der Waals surface area contributed by atoms with E-state index in [0.717, 1.165) is 0 Å². The summed E-state index contributed by atoms with van der Waals surface area (Å²) in [5.41, 5.74) is 6.16. The van der Waals surface area contributed by atoms with Crippen LogP contribution in [-0.2, 0) is 4.79 Å². The number of halogens is 1. The Morgan fingerprint density at radius 1 is 1.40 bits per heavy atom. The van der Waals surface area contributed by atoms with Gasteiger partial charge in [0.05, 0.1) is 0 Å². The number of ketones is 1. The minimum absolute atomic E-state index is 0.0500. The molecule has 0 atom stereocenters. The Hall–Kier alpha value is -1.68. The second-order valence-corrected chi connectivity index (χ2v) is 3.58. The number of aliphatic imine (C=N–C) groups is 1. The van der Waals surface area contributed by atoms with E-state index in [4.69, 9.17) is 17.3 Å². The molecule has 0 saturated heterocycles. The highest BCUT2D eigenvalue weighted by Gasteiger charge is 2.23. The number of fused-ring (bicyclic) bond motifs is 1. The van der Waals surface area contributed by atoms with Crippen molar-refractivity contribution in [2.45, 2.75) is 0 Å². The summed E-state index contributed by atoms with van der Waals surface area (Å²) < 4.78 is 0. The number of Topliss-reactive ketones (excluding diaryl/α,β-unsaturated/α-hetero) is 1. The lowest BCUT2D eigenvalue weighted by molar-refractivity contribution is -0.111. The van der Waals surface area contributed by atoms with E-state index in [1.165, 1.54) is 6.07 Å². The molecule has 1 aromatic carbocycles. The molecule has 76 valence electrons. The van der Waals surface area contributed by atoms with Crippen LogP contribution < -0.4 is 5.73 Å². The zero-order valence-electron chi connectivity index (χ0n) is 7.66. The van der Waals surface area contributed by atoms with E-state index < -0.39 is 5.91 Å². The minimum Gasteiger partial charge on any atom is -0.364 e. The Kier molecular flexibility index (Phi) is 2.28. The zero-order valence-corrected chi connectivity index (χ0v) is 8.41. The molecule has 0 saturated carbocycles. The predicted molar refractivity (Wildman–Crippen MR) is 56.4 cm³/mol. The first-order valence-electron chi connectivity index (χ1n) is 4.27. The maximum atomic E-state index is 11.5. The molecule has 2 rings (SSSR count). The SMILES string of the molecule is NC(=O)C1=NCC(=O)c2cc(Cl)ccc21. The van der Waals surface area contributed by atoms with Crippen LogP contribution in [0.5, 0.6) is 0 Å². The third kappa shape index (κ3) is 1.64. The summed E-state index contributed by atoms with van der Waals surface area (Å²) in [6.07, 6.45) is 0. The van der Waals surface area contributed by atoms with Crippen LogP contribution in [0.3, 0.4) is 0 Å². The lowest BCUT2D eigenvalue weighted by Crippen LogP contribution is -2.30. The molecule has 0 aliphatic carbocycles. The highest BCUT2D eigenvalue weighted by atomic mass is 35.5. The lowest BCUT2D eigenvalue weighted by Gasteiger charge is -2.13. The molecule has 5 heteroatoms. The van der Waals surface area contributed by atoms with Crippen LogP contribution >= 0.6 is 11.6 Å². The number of nitrogens with zero attached hydrogens (tertiary/aromatic N) is 1. The van der Waals surface area contributed by atoms with E-state index in [-0.39, 0.29) is 18.0 Å². The number of amides is 1. The van der Waals surface area contributed by atoms with Crippen LogP contribution in [0, 0.1) is 0 Å². The van der Waals surface area contributed by atoms with Crippen LogP contribution in [0.4, 0.5) is 0 Å². The van der Waals surface area contributed by atoms with Crippen molar-refractivity contribution in [3.63, 3.8) is 0 Å². The van der Waals surface area contributed by atoms with Crippen LogP contribution in [0.2, 0.25) is 5.02 Å². The summed E-state index contributed by atoms with van der Waals surface area (Å²) in [6.45, 7) is -0.0500. The third-order valence-electron chi connectivity index (χ3n) is 2.15. The van der Waals surface area contributed by atoms with Gasteiger partial charge in [-0.1, -0.05) is 17.7 Å². The van der Waals surface area contributed by atoms with Gasteiger partial charge in [0.2, 0.25) is 0 Å². The summed E-state index contributed by atoms with van der Waals surface area (Å²) in [5.74, 6) is -0.788. The number of carbonyl (C=O) groups excluding carboxylic acids is 2. The first-order valence-corrected chi connectivity index (χ1v) is 4.65. The molecule has 2 N–H and O–H groups in total. The smallest absolute Gasteiger partial charge is 0.267 e. The average molecular weight is 223 g/mol. The van der Waals surface area contributed by atoms with Gasteiger partial charge in [-0.15, -0.1) is 0 Å². The molecule has 0 bridgehead atoms. The largest absolute Gasteiger partial charge is 0.364 e. The quantitative estimate of drug-likeness (QED) is 0.764. The van der Waals surface area contributed by atoms with Crippen molar-refractivity contribution in [1.82, 2.24) is 0 Å². The van der Waals surface area contributed by atoms with Crippen molar-refractivity contribution in [3.05, 3.63) is 34.3 Å². The summed E-state index contributed by atoms with van der Waals surface area (Å²) in [4.78, 5) is 26.4. The molecular weight excluding hydrogens is 216 g/mol. The molecule has 1 aliphatic heterocycles. The van der Waals surface area contributed by atoms with Crippen LogP contribution in [-0.4, -0.2) is 23.9 Å². The molecule has 1 aliphatic rings. The summed E-state index contributed by atoms with van der Waals surface area (Å²) in [7, 11) is 0. The average Bonchev–Trinajstić information content (AvgIpc) is 2.19. The van der Waals surface area contributed by atoms with E-state index in [1.807, 2.05) is 0 Å². The van der Waals surface area contributed by atoms with Crippen LogP contribution in [0.1, 0.15) is 15.9 Å². The van der Waals surface area contributed by atoms with Crippen molar-refractivity contribution in [1.29, 1.82) is 0 Å². The molecule has 15 heavy (non-hydrogen) atoms. The van der Waals surface area contributed by atoms with E-state index in [9.17, 15) is 9.59 Å². The minimum atomic E-state index is -0.633.